The van der Waals surface area contributed by atoms with Crippen molar-refractivity contribution in [3.05, 3.63) is 52.6 Å². The molecule has 0 heterocycles. The van der Waals surface area contributed by atoms with Crippen LogP contribution >= 0.6 is 0 Å². The lowest BCUT2D eigenvalue weighted by atomic mass is 9.90. The zero-order valence-electron chi connectivity index (χ0n) is 11.9. The first-order valence-electron chi connectivity index (χ1n) is 6.40. The topological polar surface area (TPSA) is 12.0 Å². The summed E-state index contributed by atoms with van der Waals surface area (Å²) in [5.41, 5.74) is 9.23. The van der Waals surface area contributed by atoms with Crippen molar-refractivity contribution in [1.82, 2.24) is 0 Å². The van der Waals surface area contributed by atoms with Gasteiger partial charge in [0.1, 0.15) is 0 Å². The second-order valence-corrected chi connectivity index (χ2v) is 5.02. The molecule has 1 heteroatoms. The predicted molar refractivity (Wildman–Crippen MR) is 80.4 cm³/mol. The Balaban J connectivity index is 2.77. The maximum atomic E-state index is 3.30. The summed E-state index contributed by atoms with van der Waals surface area (Å²) < 4.78 is 0. The third-order valence-corrected chi connectivity index (χ3v) is 3.47. The van der Waals surface area contributed by atoms with Crippen molar-refractivity contribution in [3.8, 4) is 11.1 Å². The van der Waals surface area contributed by atoms with E-state index in [9.17, 15) is 0 Å². The average molecular weight is 239 g/mol. The standard InChI is InChI=1S/C17H21N/c1-11-9-13(3)16(14(4)10-11)17-12(2)7-6-8-15(17)18-5/h6-10,18H,1-5H3. The van der Waals surface area contributed by atoms with Crippen molar-refractivity contribution in [1.29, 1.82) is 0 Å². The molecule has 0 saturated carbocycles. The maximum Gasteiger partial charge on any atom is 0.0420 e. The van der Waals surface area contributed by atoms with E-state index in [0.717, 1.165) is 0 Å². The minimum Gasteiger partial charge on any atom is -0.388 e. The Kier molecular flexibility index (Phi) is 3.42. The van der Waals surface area contributed by atoms with Gasteiger partial charge in [-0.1, -0.05) is 29.8 Å². The van der Waals surface area contributed by atoms with Gasteiger partial charge in [-0.25, -0.2) is 0 Å². The fourth-order valence-corrected chi connectivity index (χ4v) is 2.78. The van der Waals surface area contributed by atoms with Gasteiger partial charge in [-0.3, -0.25) is 0 Å². The summed E-state index contributed by atoms with van der Waals surface area (Å²) in [6.07, 6.45) is 0. The zero-order chi connectivity index (χ0) is 13.3. The first kappa shape index (κ1) is 12.7. The molecule has 0 aliphatic rings. The molecular formula is C17H21N. The highest BCUT2D eigenvalue weighted by atomic mass is 14.8. The van der Waals surface area contributed by atoms with Gasteiger partial charge in [-0.15, -0.1) is 0 Å². The molecule has 2 aromatic carbocycles. The van der Waals surface area contributed by atoms with Crippen LogP contribution in [0.4, 0.5) is 5.69 Å². The van der Waals surface area contributed by atoms with Crippen LogP contribution in [0.2, 0.25) is 0 Å². The van der Waals surface area contributed by atoms with Crippen LogP contribution in [0.15, 0.2) is 30.3 Å². The van der Waals surface area contributed by atoms with Crippen molar-refractivity contribution in [2.45, 2.75) is 27.7 Å². The summed E-state index contributed by atoms with van der Waals surface area (Å²) in [4.78, 5) is 0. The molecule has 94 valence electrons. The number of hydrogen-bond acceptors (Lipinski definition) is 1. The van der Waals surface area contributed by atoms with E-state index < -0.39 is 0 Å². The van der Waals surface area contributed by atoms with Gasteiger partial charge in [-0.2, -0.15) is 0 Å². The molecule has 0 aliphatic heterocycles. The van der Waals surface area contributed by atoms with Gasteiger partial charge in [0.2, 0.25) is 0 Å². The number of aryl methyl sites for hydroxylation is 4. The van der Waals surface area contributed by atoms with Gasteiger partial charge in [0.25, 0.3) is 0 Å². The molecule has 0 aliphatic carbocycles. The number of anilines is 1. The highest BCUT2D eigenvalue weighted by molar-refractivity contribution is 5.84. The Morgan fingerprint density at radius 3 is 1.94 bits per heavy atom. The van der Waals surface area contributed by atoms with E-state index in [1.807, 2.05) is 7.05 Å². The Hall–Kier alpha value is -1.76. The smallest absolute Gasteiger partial charge is 0.0420 e. The van der Waals surface area contributed by atoms with Crippen LogP contribution in [0, 0.1) is 27.7 Å². The molecule has 0 fully saturated rings. The zero-order valence-corrected chi connectivity index (χ0v) is 11.9. The van der Waals surface area contributed by atoms with Crippen LogP contribution < -0.4 is 5.32 Å². The van der Waals surface area contributed by atoms with Crippen LogP contribution in [-0.2, 0) is 0 Å². The van der Waals surface area contributed by atoms with Gasteiger partial charge in [0.05, 0.1) is 0 Å². The summed E-state index contributed by atoms with van der Waals surface area (Å²) in [6, 6.07) is 10.9. The first-order valence-corrected chi connectivity index (χ1v) is 6.40. The van der Waals surface area contributed by atoms with Crippen LogP contribution in [0.5, 0.6) is 0 Å². The summed E-state index contributed by atoms with van der Waals surface area (Å²) in [6.45, 7) is 8.72. The molecule has 2 rings (SSSR count). The predicted octanol–water partition coefficient (Wildman–Crippen LogP) is 4.63. The molecule has 0 bridgehead atoms. The van der Waals surface area contributed by atoms with Crippen LogP contribution in [0.3, 0.4) is 0 Å². The van der Waals surface area contributed by atoms with Crippen molar-refractivity contribution in [2.24, 2.45) is 0 Å². The van der Waals surface area contributed by atoms with Crippen molar-refractivity contribution < 1.29 is 0 Å². The number of nitrogens with one attached hydrogen (secondary N) is 1. The van der Waals surface area contributed by atoms with E-state index in [1.54, 1.807) is 0 Å². The molecule has 0 spiro atoms. The van der Waals surface area contributed by atoms with Crippen molar-refractivity contribution in [3.63, 3.8) is 0 Å². The van der Waals surface area contributed by atoms with Gasteiger partial charge in [0.15, 0.2) is 0 Å². The van der Waals surface area contributed by atoms with Gasteiger partial charge < -0.3 is 5.32 Å². The normalized spacial score (nSPS) is 10.5. The molecule has 1 N–H and O–H groups in total. The van der Waals surface area contributed by atoms with Crippen molar-refractivity contribution >= 4 is 5.69 Å². The molecule has 0 saturated heterocycles. The van der Waals surface area contributed by atoms with E-state index in [4.69, 9.17) is 0 Å². The Bertz CT molecular complexity index is 559. The molecule has 0 atom stereocenters. The van der Waals surface area contributed by atoms with E-state index in [1.165, 1.54) is 39.1 Å². The second-order valence-electron chi connectivity index (χ2n) is 5.02. The highest BCUT2D eigenvalue weighted by Gasteiger charge is 2.12. The molecule has 0 unspecified atom stereocenters. The molecule has 0 aromatic heterocycles. The summed E-state index contributed by atoms with van der Waals surface area (Å²) in [7, 11) is 1.98. The third-order valence-electron chi connectivity index (χ3n) is 3.47. The Morgan fingerprint density at radius 1 is 0.778 bits per heavy atom. The summed E-state index contributed by atoms with van der Waals surface area (Å²) >= 11 is 0. The highest BCUT2D eigenvalue weighted by Crippen LogP contribution is 2.36. The quantitative estimate of drug-likeness (QED) is 0.805. The number of hydrogen-bond donors (Lipinski definition) is 1. The van der Waals surface area contributed by atoms with E-state index in [2.05, 4.69) is 63.3 Å². The van der Waals surface area contributed by atoms with Crippen LogP contribution in [-0.4, -0.2) is 7.05 Å². The number of benzene rings is 2. The van der Waals surface area contributed by atoms with E-state index in [-0.39, 0.29) is 0 Å². The van der Waals surface area contributed by atoms with E-state index >= 15 is 0 Å². The van der Waals surface area contributed by atoms with E-state index in [0.29, 0.717) is 0 Å². The largest absolute Gasteiger partial charge is 0.388 e. The Morgan fingerprint density at radius 2 is 1.39 bits per heavy atom. The molecule has 0 amide bonds. The fourth-order valence-electron chi connectivity index (χ4n) is 2.78. The third kappa shape index (κ3) is 2.13. The van der Waals surface area contributed by atoms with Crippen molar-refractivity contribution in [2.75, 3.05) is 12.4 Å². The number of rotatable bonds is 2. The monoisotopic (exact) mass is 239 g/mol. The SMILES string of the molecule is CNc1cccc(C)c1-c1c(C)cc(C)cc1C. The summed E-state index contributed by atoms with van der Waals surface area (Å²) in [5.74, 6) is 0. The minimum absolute atomic E-state index is 1.20. The molecule has 18 heavy (non-hydrogen) atoms. The summed E-state index contributed by atoms with van der Waals surface area (Å²) in [5, 5.41) is 3.30. The maximum absolute atomic E-state index is 3.30. The molecular weight excluding hydrogens is 218 g/mol. The van der Waals surface area contributed by atoms with Gasteiger partial charge in [-0.05, 0) is 56.0 Å². The lowest BCUT2D eigenvalue weighted by Gasteiger charge is -2.17. The average Bonchev–Trinajstić information content (AvgIpc) is 2.29. The Labute approximate surface area is 110 Å². The van der Waals surface area contributed by atoms with Gasteiger partial charge in [0, 0.05) is 18.3 Å². The first-order chi connectivity index (χ1) is 8.54. The molecule has 2 aromatic rings. The molecule has 1 nitrogen and oxygen atoms in total. The lowest BCUT2D eigenvalue weighted by Crippen LogP contribution is -1.98. The van der Waals surface area contributed by atoms with Gasteiger partial charge >= 0.3 is 0 Å². The fraction of sp³-hybridized carbons (Fsp3) is 0.294. The second kappa shape index (κ2) is 4.85. The van der Waals surface area contributed by atoms with Crippen LogP contribution in [0.1, 0.15) is 22.3 Å². The molecule has 0 radical (unpaired) electrons. The minimum atomic E-state index is 1.20. The lowest BCUT2D eigenvalue weighted by molar-refractivity contribution is 1.30. The van der Waals surface area contributed by atoms with Crippen LogP contribution in [0.25, 0.3) is 11.1 Å².